The number of hydrogen-bond acceptors (Lipinski definition) is 4. The van der Waals surface area contributed by atoms with Crippen molar-refractivity contribution in [2.75, 3.05) is 6.54 Å². The van der Waals surface area contributed by atoms with Crippen LogP contribution in [0.3, 0.4) is 0 Å². The molecule has 0 spiro atoms. The Kier molecular flexibility index (Phi) is 3.82. The van der Waals surface area contributed by atoms with E-state index < -0.39 is 10.0 Å². The van der Waals surface area contributed by atoms with Crippen LogP contribution in [-0.4, -0.2) is 33.9 Å². The van der Waals surface area contributed by atoms with Crippen LogP contribution in [0.1, 0.15) is 12.2 Å². The highest BCUT2D eigenvalue weighted by Gasteiger charge is 2.26. The van der Waals surface area contributed by atoms with Gasteiger partial charge in [0.1, 0.15) is 11.5 Å². The largest absolute Gasteiger partial charge is 0.335 e. The van der Waals surface area contributed by atoms with Crippen molar-refractivity contribution >= 4 is 27.3 Å². The molecule has 9 heteroatoms. The van der Waals surface area contributed by atoms with Gasteiger partial charge in [-0.1, -0.05) is 17.7 Å². The molecular weight excluding hydrogens is 350 g/mol. The Morgan fingerprint density at radius 1 is 1.33 bits per heavy atom. The van der Waals surface area contributed by atoms with Gasteiger partial charge < -0.3 is 4.57 Å². The summed E-state index contributed by atoms with van der Waals surface area (Å²) >= 11 is 6.06. The summed E-state index contributed by atoms with van der Waals surface area (Å²) in [5.41, 5.74) is 0.502. The van der Waals surface area contributed by atoms with Gasteiger partial charge in [0.25, 0.3) is 10.0 Å². The van der Waals surface area contributed by atoms with Crippen molar-refractivity contribution < 1.29 is 8.42 Å². The van der Waals surface area contributed by atoms with Crippen molar-refractivity contribution in [1.29, 1.82) is 0 Å². The van der Waals surface area contributed by atoms with Crippen LogP contribution in [0.15, 0.2) is 41.8 Å². The number of halogens is 1. The van der Waals surface area contributed by atoms with Crippen LogP contribution in [0.4, 0.5) is 0 Å². The summed E-state index contributed by atoms with van der Waals surface area (Å²) in [6, 6.07) is 5.24. The maximum absolute atomic E-state index is 12.7. The van der Waals surface area contributed by atoms with Gasteiger partial charge in [-0.15, -0.1) is 0 Å². The lowest BCUT2D eigenvalue weighted by Gasteiger charge is -2.23. The first-order chi connectivity index (χ1) is 11.5. The third kappa shape index (κ3) is 2.70. The number of aryl methyl sites for hydroxylation is 1. The molecule has 0 aliphatic carbocycles. The van der Waals surface area contributed by atoms with Gasteiger partial charge in [0, 0.05) is 38.1 Å². The highest BCUT2D eigenvalue weighted by Crippen LogP contribution is 2.23. The average molecular weight is 366 g/mol. The van der Waals surface area contributed by atoms with Gasteiger partial charge in [-0.05, 0) is 24.5 Å². The lowest BCUT2D eigenvalue weighted by molar-refractivity contribution is 0.379. The van der Waals surface area contributed by atoms with Crippen LogP contribution in [0.25, 0.3) is 5.65 Å². The van der Waals surface area contributed by atoms with Crippen molar-refractivity contribution in [3.05, 3.63) is 47.8 Å². The second kappa shape index (κ2) is 5.87. The summed E-state index contributed by atoms with van der Waals surface area (Å²) in [6.07, 6.45) is 7.04. The fourth-order valence-electron chi connectivity index (χ4n) is 3.07. The monoisotopic (exact) mass is 365 g/mol. The summed E-state index contributed by atoms with van der Waals surface area (Å²) in [7, 11) is -3.75. The number of hydrogen-bond donors (Lipinski definition) is 1. The van der Waals surface area contributed by atoms with Gasteiger partial charge >= 0.3 is 0 Å². The lowest BCUT2D eigenvalue weighted by atomic mass is 9.98. The molecule has 4 rings (SSSR count). The SMILES string of the molecule is O=S(=O)(NCC1CCn2ccnc2C1)c1c(Cl)nc2ccccn12. The third-order valence-electron chi connectivity index (χ3n) is 4.31. The number of rotatable bonds is 4. The number of imidazole rings is 2. The first-order valence-electron chi connectivity index (χ1n) is 7.67. The Labute approximate surface area is 144 Å². The number of nitrogens with one attached hydrogen (secondary N) is 1. The van der Waals surface area contributed by atoms with Crippen molar-refractivity contribution in [2.45, 2.75) is 24.4 Å². The Balaban J connectivity index is 1.54. The molecule has 1 atom stereocenters. The molecule has 1 unspecified atom stereocenters. The van der Waals surface area contributed by atoms with E-state index in [0.29, 0.717) is 12.2 Å². The standard InChI is InChI=1S/C15H16ClN5O2S/c16-14-15(21-6-2-1-3-12(21)19-14)24(22,23)18-10-11-4-7-20-8-5-17-13(20)9-11/h1-3,5-6,8,11,18H,4,7,9-10H2. The molecule has 0 saturated heterocycles. The van der Waals surface area contributed by atoms with Crippen LogP contribution < -0.4 is 4.72 Å². The van der Waals surface area contributed by atoms with Crippen LogP contribution in [0.2, 0.25) is 5.15 Å². The fourth-order valence-corrected chi connectivity index (χ4v) is 4.83. The average Bonchev–Trinajstić information content (AvgIpc) is 3.15. The van der Waals surface area contributed by atoms with Gasteiger partial charge in [-0.2, -0.15) is 0 Å². The quantitative estimate of drug-likeness (QED) is 0.763. The van der Waals surface area contributed by atoms with Gasteiger partial charge in [-0.25, -0.2) is 23.1 Å². The van der Waals surface area contributed by atoms with Gasteiger partial charge in [-0.3, -0.25) is 4.40 Å². The molecule has 3 aromatic heterocycles. The van der Waals surface area contributed by atoms with Crippen molar-refractivity contribution in [3.8, 4) is 0 Å². The molecular formula is C15H16ClN5O2S. The van der Waals surface area contributed by atoms with E-state index in [1.807, 2.05) is 6.20 Å². The summed E-state index contributed by atoms with van der Waals surface area (Å²) in [5, 5.41) is -0.0371. The van der Waals surface area contributed by atoms with Gasteiger partial charge in [0.05, 0.1) is 0 Å². The minimum atomic E-state index is -3.75. The molecule has 1 N–H and O–H groups in total. The summed E-state index contributed by atoms with van der Waals surface area (Å²) < 4.78 is 31.6. The summed E-state index contributed by atoms with van der Waals surface area (Å²) in [5.74, 6) is 1.21. The van der Waals surface area contributed by atoms with Crippen molar-refractivity contribution in [3.63, 3.8) is 0 Å². The number of fused-ring (bicyclic) bond motifs is 2. The van der Waals surface area contributed by atoms with E-state index >= 15 is 0 Å². The molecule has 0 bridgehead atoms. The first-order valence-corrected chi connectivity index (χ1v) is 9.53. The Bertz CT molecular complexity index is 994. The first kappa shape index (κ1) is 15.6. The zero-order valence-corrected chi connectivity index (χ0v) is 14.3. The predicted octanol–water partition coefficient (Wildman–Crippen LogP) is 1.73. The number of sulfonamides is 1. The Morgan fingerprint density at radius 3 is 3.08 bits per heavy atom. The minimum absolute atomic E-state index is 0.0166. The molecule has 24 heavy (non-hydrogen) atoms. The zero-order valence-electron chi connectivity index (χ0n) is 12.8. The van der Waals surface area contributed by atoms with E-state index in [4.69, 9.17) is 11.6 Å². The smallest absolute Gasteiger partial charge is 0.259 e. The van der Waals surface area contributed by atoms with Crippen LogP contribution in [0.5, 0.6) is 0 Å². The molecule has 7 nitrogen and oxygen atoms in total. The maximum atomic E-state index is 12.7. The fraction of sp³-hybridized carbons (Fsp3) is 0.333. The second-order valence-electron chi connectivity index (χ2n) is 5.88. The zero-order chi connectivity index (χ0) is 16.7. The molecule has 1 aliphatic heterocycles. The van der Waals surface area contributed by atoms with E-state index in [0.717, 1.165) is 25.2 Å². The molecule has 4 heterocycles. The topological polar surface area (TPSA) is 81.3 Å². The highest BCUT2D eigenvalue weighted by molar-refractivity contribution is 7.89. The lowest BCUT2D eigenvalue weighted by Crippen LogP contribution is -2.33. The molecule has 126 valence electrons. The Morgan fingerprint density at radius 2 is 2.21 bits per heavy atom. The van der Waals surface area contributed by atoms with E-state index in [2.05, 4.69) is 19.3 Å². The van der Waals surface area contributed by atoms with E-state index in [-0.39, 0.29) is 16.1 Å². The molecule has 0 radical (unpaired) electrons. The number of nitrogens with zero attached hydrogens (tertiary/aromatic N) is 4. The van der Waals surface area contributed by atoms with Crippen LogP contribution in [0, 0.1) is 5.92 Å². The number of aromatic nitrogens is 4. The summed E-state index contributed by atoms with van der Waals surface area (Å²) in [4.78, 5) is 8.40. The van der Waals surface area contributed by atoms with E-state index in [1.165, 1.54) is 4.40 Å². The molecule has 1 aliphatic rings. The molecule has 0 amide bonds. The predicted molar refractivity (Wildman–Crippen MR) is 89.4 cm³/mol. The summed E-state index contributed by atoms with van der Waals surface area (Å²) in [6.45, 7) is 1.21. The second-order valence-corrected chi connectivity index (χ2v) is 7.92. The Hall–Kier alpha value is -1.90. The van der Waals surface area contributed by atoms with Gasteiger partial charge in [0.15, 0.2) is 10.2 Å². The molecule has 0 fully saturated rings. The molecule has 0 aromatic carbocycles. The van der Waals surface area contributed by atoms with Crippen LogP contribution >= 0.6 is 11.6 Å². The van der Waals surface area contributed by atoms with Gasteiger partial charge in [0.2, 0.25) is 0 Å². The van der Waals surface area contributed by atoms with E-state index in [9.17, 15) is 8.42 Å². The van der Waals surface area contributed by atoms with E-state index in [1.54, 1.807) is 30.6 Å². The molecule has 3 aromatic rings. The maximum Gasteiger partial charge on any atom is 0.259 e. The van der Waals surface area contributed by atoms with Crippen molar-refractivity contribution in [1.82, 2.24) is 23.7 Å². The van der Waals surface area contributed by atoms with Crippen LogP contribution in [-0.2, 0) is 23.0 Å². The highest BCUT2D eigenvalue weighted by atomic mass is 35.5. The minimum Gasteiger partial charge on any atom is -0.335 e. The van der Waals surface area contributed by atoms with Crippen molar-refractivity contribution in [2.24, 2.45) is 5.92 Å². The molecule has 0 saturated carbocycles. The number of pyridine rings is 1. The normalized spacial score (nSPS) is 18.0. The third-order valence-corrected chi connectivity index (χ3v) is 6.14.